The van der Waals surface area contributed by atoms with Crippen LogP contribution in [0.2, 0.25) is 0 Å². The first-order valence-corrected chi connectivity index (χ1v) is 12.6. The molecule has 1 aliphatic heterocycles. The monoisotopic (exact) mass is 558 g/mol. The maximum atomic E-state index is 13.4. The number of aromatic nitrogens is 1. The molecule has 212 valence electrons. The lowest BCUT2D eigenvalue weighted by Gasteiger charge is -2.22. The van der Waals surface area contributed by atoms with Crippen molar-refractivity contribution in [2.45, 2.75) is 44.4 Å². The molecule has 9 nitrogen and oxygen atoms in total. The molecule has 0 bridgehead atoms. The molecule has 3 atom stereocenters. The van der Waals surface area contributed by atoms with E-state index in [-0.39, 0.29) is 42.3 Å². The second kappa shape index (κ2) is 13.5. The fourth-order valence-corrected chi connectivity index (χ4v) is 4.24. The van der Waals surface area contributed by atoms with E-state index in [9.17, 15) is 32.3 Å². The van der Waals surface area contributed by atoms with Crippen molar-refractivity contribution in [1.82, 2.24) is 20.9 Å². The summed E-state index contributed by atoms with van der Waals surface area (Å²) in [5.41, 5.74) is -1.02. The van der Waals surface area contributed by atoms with E-state index in [1.54, 1.807) is 6.92 Å². The molecule has 2 heterocycles. The maximum absolute atomic E-state index is 13.4. The molecule has 0 spiro atoms. The highest BCUT2D eigenvalue weighted by molar-refractivity contribution is 5.97. The van der Waals surface area contributed by atoms with Crippen molar-refractivity contribution in [3.8, 4) is 23.6 Å². The van der Waals surface area contributed by atoms with Gasteiger partial charge in [-0.05, 0) is 38.0 Å². The first-order chi connectivity index (χ1) is 19.0. The van der Waals surface area contributed by atoms with Gasteiger partial charge in [0.05, 0.1) is 12.2 Å². The molecule has 1 fully saturated rings. The Morgan fingerprint density at radius 2 is 1.95 bits per heavy atom. The highest BCUT2D eigenvalue weighted by atomic mass is 19.4. The van der Waals surface area contributed by atoms with Crippen LogP contribution in [0.4, 0.5) is 13.2 Å². The largest absolute Gasteiger partial charge is 0.463 e. The number of rotatable bonds is 11. The minimum absolute atomic E-state index is 0.0648. The van der Waals surface area contributed by atoms with Gasteiger partial charge in [0.25, 0.3) is 5.91 Å². The van der Waals surface area contributed by atoms with E-state index in [0.29, 0.717) is 13.0 Å². The van der Waals surface area contributed by atoms with Crippen LogP contribution in [0, 0.1) is 18.3 Å². The summed E-state index contributed by atoms with van der Waals surface area (Å²) in [6.07, 6.45) is 3.92. The van der Waals surface area contributed by atoms with Gasteiger partial charge in [0.2, 0.25) is 11.8 Å². The van der Waals surface area contributed by atoms with Crippen LogP contribution in [0.25, 0.3) is 11.3 Å². The molecule has 2 aromatic rings. The molecular weight excluding hydrogens is 529 g/mol. The van der Waals surface area contributed by atoms with Crippen molar-refractivity contribution in [1.29, 1.82) is 0 Å². The van der Waals surface area contributed by atoms with Crippen molar-refractivity contribution in [3.05, 3.63) is 59.8 Å². The van der Waals surface area contributed by atoms with Gasteiger partial charge >= 0.3 is 12.1 Å². The van der Waals surface area contributed by atoms with Gasteiger partial charge in [-0.3, -0.25) is 14.4 Å². The van der Waals surface area contributed by atoms with Crippen LogP contribution in [0.3, 0.4) is 0 Å². The molecule has 12 heteroatoms. The highest BCUT2D eigenvalue weighted by Crippen LogP contribution is 2.36. The SMILES string of the molecule is C#CCC(NC(=O)c1ccc(-c2ccccc2C(F)(F)F)[nH]1)C(=O)NC(/C=C/C(=O)OCC)CC1CCNC1=O. The van der Waals surface area contributed by atoms with E-state index in [1.807, 2.05) is 0 Å². The van der Waals surface area contributed by atoms with E-state index in [1.165, 1.54) is 36.4 Å². The molecule has 3 amide bonds. The minimum atomic E-state index is -4.60. The van der Waals surface area contributed by atoms with Crippen LogP contribution in [0.15, 0.2) is 48.6 Å². The summed E-state index contributed by atoms with van der Waals surface area (Å²) in [5, 5.41) is 7.90. The number of amides is 3. The highest BCUT2D eigenvalue weighted by Gasteiger charge is 2.34. The number of halogens is 3. The summed E-state index contributed by atoms with van der Waals surface area (Å²) in [5.74, 6) is -0.311. The molecule has 1 aromatic carbocycles. The summed E-state index contributed by atoms with van der Waals surface area (Å²) in [6, 6.07) is 5.59. The molecule has 3 unspecified atom stereocenters. The Bertz CT molecular complexity index is 1310. The Hall–Kier alpha value is -4.53. The van der Waals surface area contributed by atoms with E-state index in [0.717, 1.165) is 12.1 Å². The number of H-pyrrole nitrogens is 1. The number of benzene rings is 1. The van der Waals surface area contributed by atoms with Crippen molar-refractivity contribution in [2.75, 3.05) is 13.2 Å². The van der Waals surface area contributed by atoms with Gasteiger partial charge in [0, 0.05) is 42.3 Å². The quantitative estimate of drug-likeness (QED) is 0.192. The van der Waals surface area contributed by atoms with Crippen LogP contribution < -0.4 is 16.0 Å². The molecule has 0 aliphatic carbocycles. The number of carbonyl (C=O) groups is 4. The third kappa shape index (κ3) is 7.99. The van der Waals surface area contributed by atoms with Crippen molar-refractivity contribution in [3.63, 3.8) is 0 Å². The summed E-state index contributed by atoms with van der Waals surface area (Å²) in [4.78, 5) is 52.6. The van der Waals surface area contributed by atoms with Crippen LogP contribution >= 0.6 is 0 Å². The van der Waals surface area contributed by atoms with Gasteiger partial charge in [-0.15, -0.1) is 12.3 Å². The van der Waals surface area contributed by atoms with Gasteiger partial charge in [0.15, 0.2) is 0 Å². The summed E-state index contributed by atoms with van der Waals surface area (Å²) in [6.45, 7) is 2.29. The zero-order chi connectivity index (χ0) is 29.3. The molecule has 3 rings (SSSR count). The van der Waals surface area contributed by atoms with Crippen LogP contribution in [0.1, 0.15) is 42.2 Å². The Morgan fingerprint density at radius 1 is 1.20 bits per heavy atom. The second-order valence-corrected chi connectivity index (χ2v) is 9.00. The molecule has 1 saturated heterocycles. The Morgan fingerprint density at radius 3 is 2.60 bits per heavy atom. The van der Waals surface area contributed by atoms with Crippen molar-refractivity contribution >= 4 is 23.7 Å². The molecule has 1 aliphatic rings. The number of aromatic amines is 1. The Labute approximate surface area is 228 Å². The number of hydrogen-bond donors (Lipinski definition) is 4. The van der Waals surface area contributed by atoms with Crippen molar-refractivity contribution in [2.24, 2.45) is 5.92 Å². The standard InChI is InChI=1S/C28H29F3N4O5/c1-3-7-22(26(38)33-18(10-13-24(36)40-4-2)16-17-14-15-32-25(17)37)35-27(39)23-12-11-21(34-23)19-8-5-6-9-20(19)28(29,30)31/h1,5-6,8-13,17-18,22,34H,4,7,14-16H2,2H3,(H,32,37)(H,33,38)(H,35,39)/b13-10+. The van der Waals surface area contributed by atoms with E-state index in [2.05, 4.69) is 26.9 Å². The van der Waals surface area contributed by atoms with Gasteiger partial charge in [-0.1, -0.05) is 24.3 Å². The second-order valence-electron chi connectivity index (χ2n) is 9.00. The summed E-state index contributed by atoms with van der Waals surface area (Å²) >= 11 is 0. The zero-order valence-corrected chi connectivity index (χ0v) is 21.6. The Kier molecular flexibility index (Phi) is 10.1. The normalized spacial score (nSPS) is 16.6. The summed E-state index contributed by atoms with van der Waals surface area (Å²) in [7, 11) is 0. The number of hydrogen-bond acceptors (Lipinski definition) is 5. The van der Waals surface area contributed by atoms with Gasteiger partial charge in [-0.25, -0.2) is 4.79 Å². The third-order valence-electron chi connectivity index (χ3n) is 6.18. The smallest absolute Gasteiger partial charge is 0.417 e. The number of carbonyl (C=O) groups excluding carboxylic acids is 4. The minimum Gasteiger partial charge on any atom is -0.463 e. The van der Waals surface area contributed by atoms with E-state index >= 15 is 0 Å². The molecule has 0 saturated carbocycles. The first kappa shape index (κ1) is 30.0. The average molecular weight is 559 g/mol. The summed E-state index contributed by atoms with van der Waals surface area (Å²) < 4.78 is 45.2. The van der Waals surface area contributed by atoms with Gasteiger partial charge < -0.3 is 25.7 Å². The molecule has 0 radical (unpaired) electrons. The predicted octanol–water partition coefficient (Wildman–Crippen LogP) is 2.95. The lowest BCUT2D eigenvalue weighted by molar-refractivity contribution is -0.138. The molecule has 1 aromatic heterocycles. The lowest BCUT2D eigenvalue weighted by atomic mass is 9.97. The number of ether oxygens (including phenoxy) is 1. The molecular formula is C28H29F3N4O5. The number of nitrogens with one attached hydrogen (secondary N) is 4. The van der Waals surface area contributed by atoms with Crippen LogP contribution in [0.5, 0.6) is 0 Å². The molecule has 4 N–H and O–H groups in total. The third-order valence-corrected chi connectivity index (χ3v) is 6.18. The number of terminal acetylenes is 1. The van der Waals surface area contributed by atoms with Crippen LogP contribution in [-0.2, 0) is 25.3 Å². The fourth-order valence-electron chi connectivity index (χ4n) is 4.24. The maximum Gasteiger partial charge on any atom is 0.417 e. The predicted molar refractivity (Wildman–Crippen MR) is 139 cm³/mol. The number of esters is 1. The average Bonchev–Trinajstić information content (AvgIpc) is 3.56. The topological polar surface area (TPSA) is 129 Å². The van der Waals surface area contributed by atoms with E-state index < -0.39 is 47.5 Å². The zero-order valence-electron chi connectivity index (χ0n) is 21.6. The van der Waals surface area contributed by atoms with Crippen LogP contribution in [-0.4, -0.2) is 53.9 Å². The number of alkyl halides is 3. The molecule has 40 heavy (non-hydrogen) atoms. The van der Waals surface area contributed by atoms with Crippen molar-refractivity contribution < 1.29 is 37.1 Å². The van der Waals surface area contributed by atoms with Gasteiger partial charge in [-0.2, -0.15) is 13.2 Å². The lowest BCUT2D eigenvalue weighted by Crippen LogP contribution is -2.49. The van der Waals surface area contributed by atoms with E-state index in [4.69, 9.17) is 11.2 Å². The van der Waals surface area contributed by atoms with Gasteiger partial charge in [0.1, 0.15) is 11.7 Å². The fraction of sp³-hybridized carbons (Fsp3) is 0.357. The Balaban J connectivity index is 1.74. The first-order valence-electron chi connectivity index (χ1n) is 12.6.